The maximum Gasteiger partial charge on any atom is 0.335 e. The first-order valence-electron chi connectivity index (χ1n) is 7.40. The van der Waals surface area contributed by atoms with Crippen LogP contribution < -0.4 is 0 Å². The van der Waals surface area contributed by atoms with Gasteiger partial charge in [-0.25, -0.2) is 4.68 Å². The minimum absolute atomic E-state index is 0.125. The Labute approximate surface area is 135 Å². The molecule has 0 unspecified atom stereocenters. The van der Waals surface area contributed by atoms with Gasteiger partial charge in [0.2, 0.25) is 5.88 Å². The minimum atomic E-state index is 0.125. The number of oxazole rings is 1. The van der Waals surface area contributed by atoms with Crippen molar-refractivity contribution in [2.24, 2.45) is 0 Å². The molecule has 5 heteroatoms. The molecular formula is C18H18N4O. The lowest BCUT2D eigenvalue weighted by molar-refractivity contribution is 0.489. The van der Waals surface area contributed by atoms with Gasteiger partial charge in [-0.15, -0.1) is 0 Å². The summed E-state index contributed by atoms with van der Waals surface area (Å²) in [6.07, 6.45) is 1.78. The van der Waals surface area contributed by atoms with Crippen LogP contribution >= 0.6 is 0 Å². The fraction of sp³-hybridized carbons (Fsp3) is 0.278. The van der Waals surface area contributed by atoms with E-state index in [1.165, 1.54) is 5.56 Å². The van der Waals surface area contributed by atoms with Crippen LogP contribution in [0.25, 0.3) is 22.0 Å². The Hall–Kier alpha value is -2.87. The van der Waals surface area contributed by atoms with Gasteiger partial charge in [-0.2, -0.15) is 5.10 Å². The topological polar surface area (TPSA) is 48.2 Å². The molecule has 0 aliphatic heterocycles. The highest BCUT2D eigenvalue weighted by Crippen LogP contribution is 2.27. The maximum atomic E-state index is 7.16. The largest absolute Gasteiger partial charge is 0.414 e. The summed E-state index contributed by atoms with van der Waals surface area (Å²) >= 11 is 0. The van der Waals surface area contributed by atoms with Crippen LogP contribution in [0.5, 0.6) is 0 Å². The van der Waals surface area contributed by atoms with Crippen molar-refractivity contribution in [1.82, 2.24) is 14.8 Å². The van der Waals surface area contributed by atoms with Gasteiger partial charge < -0.3 is 9.26 Å². The van der Waals surface area contributed by atoms with Crippen LogP contribution in [0, 0.1) is 13.5 Å². The summed E-state index contributed by atoms with van der Waals surface area (Å²) in [6.45, 7) is 15.4. The van der Waals surface area contributed by atoms with Gasteiger partial charge in [-0.1, -0.05) is 56.6 Å². The van der Waals surface area contributed by atoms with Crippen molar-refractivity contribution >= 4 is 5.82 Å². The van der Waals surface area contributed by atoms with Crippen LogP contribution in [0.15, 0.2) is 40.9 Å². The first kappa shape index (κ1) is 15.0. The fourth-order valence-corrected chi connectivity index (χ4v) is 2.36. The first-order chi connectivity index (χ1) is 10.9. The monoisotopic (exact) mass is 306 g/mol. The molecule has 3 aromatic rings. The van der Waals surface area contributed by atoms with E-state index in [4.69, 9.17) is 11.0 Å². The molecule has 0 aliphatic carbocycles. The third-order valence-electron chi connectivity index (χ3n) is 3.65. The molecule has 23 heavy (non-hydrogen) atoms. The zero-order chi connectivity index (χ0) is 16.6. The fourth-order valence-electron chi connectivity index (χ4n) is 2.36. The first-order valence-corrected chi connectivity index (χ1v) is 7.40. The summed E-state index contributed by atoms with van der Waals surface area (Å²) in [7, 11) is 0. The molecule has 3 rings (SSSR count). The van der Waals surface area contributed by atoms with E-state index in [0.717, 1.165) is 11.3 Å². The molecule has 0 aliphatic rings. The van der Waals surface area contributed by atoms with Gasteiger partial charge in [0.05, 0.1) is 5.69 Å². The molecule has 116 valence electrons. The van der Waals surface area contributed by atoms with Crippen molar-refractivity contribution in [2.75, 3.05) is 0 Å². The van der Waals surface area contributed by atoms with E-state index in [-0.39, 0.29) is 11.2 Å². The molecule has 0 radical (unpaired) electrons. The highest BCUT2D eigenvalue weighted by atomic mass is 16.4. The molecule has 0 spiro atoms. The summed E-state index contributed by atoms with van der Waals surface area (Å²) < 4.78 is 7.04. The van der Waals surface area contributed by atoms with E-state index in [1.807, 2.05) is 6.07 Å². The van der Waals surface area contributed by atoms with Crippen LogP contribution in [0.1, 0.15) is 32.2 Å². The second-order valence-electron chi connectivity index (χ2n) is 6.45. The summed E-state index contributed by atoms with van der Waals surface area (Å²) in [6, 6.07) is 10.3. The lowest BCUT2D eigenvalue weighted by Gasteiger charge is -2.18. The average Bonchev–Trinajstić information content (AvgIpc) is 3.12. The summed E-state index contributed by atoms with van der Waals surface area (Å²) in [4.78, 5) is 7.42. The molecule has 5 nitrogen and oxygen atoms in total. The molecule has 2 heterocycles. The van der Waals surface area contributed by atoms with Gasteiger partial charge in [-0.05, 0) is 17.0 Å². The van der Waals surface area contributed by atoms with Gasteiger partial charge >= 0.3 is 5.82 Å². The maximum absolute atomic E-state index is 7.16. The van der Waals surface area contributed by atoms with Gasteiger partial charge in [0, 0.05) is 18.7 Å². The van der Waals surface area contributed by atoms with Crippen molar-refractivity contribution in [2.45, 2.75) is 33.1 Å². The van der Waals surface area contributed by atoms with Gasteiger partial charge in [0.15, 0.2) is 0 Å². The van der Waals surface area contributed by atoms with Crippen molar-refractivity contribution in [3.63, 3.8) is 0 Å². The van der Waals surface area contributed by atoms with E-state index >= 15 is 0 Å². The van der Waals surface area contributed by atoms with Gasteiger partial charge in [0.25, 0.3) is 5.89 Å². The molecule has 0 N–H and O–H groups in total. The minimum Gasteiger partial charge on any atom is -0.414 e. The van der Waals surface area contributed by atoms with Crippen LogP contribution in [-0.4, -0.2) is 14.8 Å². The Morgan fingerprint density at radius 1 is 1.13 bits per heavy atom. The molecule has 0 bridgehead atoms. The number of benzene rings is 1. The SMILES string of the molecule is [C-]#[N+]c1nc(C)oc1-n1ccc(-c2ccc(C(C)(C)C)cc2)n1. The lowest BCUT2D eigenvalue weighted by Crippen LogP contribution is -2.10. The Kier molecular flexibility index (Phi) is 3.53. The predicted octanol–water partition coefficient (Wildman–Crippen LogP) is 4.68. The summed E-state index contributed by atoms with van der Waals surface area (Å²) in [5.41, 5.74) is 3.26. The third-order valence-corrected chi connectivity index (χ3v) is 3.65. The second kappa shape index (κ2) is 5.40. The highest BCUT2D eigenvalue weighted by Gasteiger charge is 2.17. The number of hydrogen-bond donors (Lipinski definition) is 0. The number of hydrogen-bond acceptors (Lipinski definition) is 3. The van der Waals surface area contributed by atoms with Crippen molar-refractivity contribution in [3.05, 3.63) is 59.4 Å². The van der Waals surface area contributed by atoms with Crippen molar-refractivity contribution < 1.29 is 4.42 Å². The van der Waals surface area contributed by atoms with Crippen LogP contribution in [0.4, 0.5) is 5.82 Å². The zero-order valence-electron chi connectivity index (χ0n) is 13.7. The Morgan fingerprint density at radius 2 is 1.83 bits per heavy atom. The molecule has 0 fully saturated rings. The highest BCUT2D eigenvalue weighted by molar-refractivity contribution is 5.60. The van der Waals surface area contributed by atoms with Crippen molar-refractivity contribution in [1.29, 1.82) is 0 Å². The standard InChI is InChI=1S/C18H18N4O/c1-12-20-16(19-5)17(23-12)22-11-10-15(21-22)13-6-8-14(9-7-13)18(2,3)4/h6-11H,1-4H3. The van der Waals surface area contributed by atoms with E-state index in [2.05, 4.69) is 60.0 Å². The van der Waals surface area contributed by atoms with E-state index in [9.17, 15) is 0 Å². The predicted molar refractivity (Wildman–Crippen MR) is 88.8 cm³/mol. The van der Waals surface area contributed by atoms with Crippen LogP contribution in [0.2, 0.25) is 0 Å². The number of nitrogens with zero attached hydrogens (tertiary/aromatic N) is 4. The number of aryl methyl sites for hydroxylation is 1. The second-order valence-corrected chi connectivity index (χ2v) is 6.45. The van der Waals surface area contributed by atoms with E-state index in [0.29, 0.717) is 11.8 Å². The van der Waals surface area contributed by atoms with Crippen molar-refractivity contribution in [3.8, 4) is 17.1 Å². The average molecular weight is 306 g/mol. The molecular weight excluding hydrogens is 288 g/mol. The smallest absolute Gasteiger partial charge is 0.335 e. The quantitative estimate of drug-likeness (QED) is 0.646. The normalized spacial score (nSPS) is 11.4. The van der Waals surface area contributed by atoms with Crippen LogP contribution in [0.3, 0.4) is 0 Å². The number of rotatable bonds is 2. The molecule has 0 saturated heterocycles. The molecule has 2 aromatic heterocycles. The zero-order valence-corrected chi connectivity index (χ0v) is 13.7. The molecule has 0 amide bonds. The Morgan fingerprint density at radius 3 is 2.43 bits per heavy atom. The van der Waals surface area contributed by atoms with E-state index in [1.54, 1.807) is 17.8 Å². The van der Waals surface area contributed by atoms with E-state index < -0.39 is 0 Å². The summed E-state index contributed by atoms with van der Waals surface area (Å²) in [5, 5.41) is 4.50. The Bertz CT molecular complexity index is 873. The molecule has 0 atom stereocenters. The summed E-state index contributed by atoms with van der Waals surface area (Å²) in [5.74, 6) is 1.04. The molecule has 1 aromatic carbocycles. The number of aromatic nitrogens is 3. The van der Waals surface area contributed by atoms with Gasteiger partial charge in [0.1, 0.15) is 0 Å². The third kappa shape index (κ3) is 2.88. The van der Waals surface area contributed by atoms with Crippen LogP contribution in [-0.2, 0) is 5.41 Å². The Balaban J connectivity index is 1.95. The molecule has 0 saturated carbocycles. The lowest BCUT2D eigenvalue weighted by atomic mass is 9.86. The van der Waals surface area contributed by atoms with Gasteiger partial charge in [-0.3, -0.25) is 0 Å².